The first kappa shape index (κ1) is 11.4. The van der Waals surface area contributed by atoms with Crippen LogP contribution in [0.5, 0.6) is 5.88 Å². The first-order valence-corrected chi connectivity index (χ1v) is 6.54. The summed E-state index contributed by atoms with van der Waals surface area (Å²) in [5.41, 5.74) is 3.67. The second-order valence-electron chi connectivity index (χ2n) is 4.24. The van der Waals surface area contributed by atoms with Crippen molar-refractivity contribution in [3.63, 3.8) is 0 Å². The van der Waals surface area contributed by atoms with Crippen LogP contribution in [0.25, 0.3) is 10.2 Å². The normalized spacial score (nSPS) is 11.3. The minimum Gasteiger partial charge on any atom is -0.475 e. The minimum absolute atomic E-state index is 0.175. The van der Waals surface area contributed by atoms with Crippen LogP contribution in [-0.2, 0) is 6.42 Å². The summed E-state index contributed by atoms with van der Waals surface area (Å²) in [6, 6.07) is 2.07. The molecular weight excluding hydrogens is 218 g/mol. The summed E-state index contributed by atoms with van der Waals surface area (Å²) in [6.07, 6.45) is 1.20. The fraction of sp³-hybridized carbons (Fsp3) is 0.462. The molecule has 2 nitrogen and oxygen atoms in total. The number of aryl methyl sites for hydroxylation is 2. The van der Waals surface area contributed by atoms with Crippen molar-refractivity contribution in [1.29, 1.82) is 0 Å². The lowest BCUT2D eigenvalue weighted by Crippen LogP contribution is -2.07. The van der Waals surface area contributed by atoms with E-state index < -0.39 is 0 Å². The molecular formula is C13H17NOS. The summed E-state index contributed by atoms with van der Waals surface area (Å²) in [7, 11) is 0. The Hall–Kier alpha value is -1.09. The Kier molecular flexibility index (Phi) is 3.15. The lowest BCUT2D eigenvalue weighted by molar-refractivity contribution is 0.233. The van der Waals surface area contributed by atoms with Crippen LogP contribution in [0.2, 0.25) is 0 Å². The zero-order valence-electron chi connectivity index (χ0n) is 10.2. The van der Waals surface area contributed by atoms with Gasteiger partial charge in [-0.3, -0.25) is 0 Å². The molecule has 0 aromatic carbocycles. The van der Waals surface area contributed by atoms with Crippen LogP contribution in [0.4, 0.5) is 0 Å². The van der Waals surface area contributed by atoms with E-state index in [0.717, 1.165) is 17.8 Å². The van der Waals surface area contributed by atoms with E-state index in [9.17, 15) is 0 Å². The van der Waals surface area contributed by atoms with E-state index in [-0.39, 0.29) is 6.10 Å². The topological polar surface area (TPSA) is 22.1 Å². The molecule has 0 saturated heterocycles. The van der Waals surface area contributed by atoms with Gasteiger partial charge < -0.3 is 4.74 Å². The van der Waals surface area contributed by atoms with E-state index in [4.69, 9.17) is 4.74 Å². The van der Waals surface area contributed by atoms with Crippen LogP contribution in [-0.4, -0.2) is 11.1 Å². The van der Waals surface area contributed by atoms with Gasteiger partial charge in [-0.1, -0.05) is 6.92 Å². The zero-order chi connectivity index (χ0) is 11.7. The summed E-state index contributed by atoms with van der Waals surface area (Å²) in [5.74, 6) is 0.751. The number of aromatic nitrogens is 1. The maximum atomic E-state index is 5.68. The molecule has 0 unspecified atom stereocenters. The number of hydrogen-bond acceptors (Lipinski definition) is 3. The quantitative estimate of drug-likeness (QED) is 0.803. The van der Waals surface area contributed by atoms with Crippen LogP contribution >= 0.6 is 11.3 Å². The number of nitrogens with zero attached hydrogens (tertiary/aromatic N) is 1. The van der Waals surface area contributed by atoms with Gasteiger partial charge in [-0.25, -0.2) is 4.98 Å². The van der Waals surface area contributed by atoms with Gasteiger partial charge in [-0.15, -0.1) is 11.3 Å². The van der Waals surface area contributed by atoms with E-state index in [1.165, 1.54) is 15.8 Å². The lowest BCUT2D eigenvalue weighted by Gasteiger charge is -2.10. The summed E-state index contributed by atoms with van der Waals surface area (Å²) in [4.78, 5) is 4.57. The van der Waals surface area contributed by atoms with Crippen molar-refractivity contribution in [1.82, 2.24) is 4.98 Å². The van der Waals surface area contributed by atoms with Crippen molar-refractivity contribution < 1.29 is 4.74 Å². The van der Waals surface area contributed by atoms with Crippen LogP contribution in [0, 0.1) is 6.92 Å². The van der Waals surface area contributed by atoms with Gasteiger partial charge in [0.2, 0.25) is 5.88 Å². The molecule has 0 spiro atoms. The van der Waals surface area contributed by atoms with Gasteiger partial charge in [0.1, 0.15) is 0 Å². The third-order valence-corrected chi connectivity index (χ3v) is 3.65. The Balaban J connectivity index is 2.56. The predicted molar refractivity (Wildman–Crippen MR) is 69.5 cm³/mol. The number of thiophene rings is 1. The van der Waals surface area contributed by atoms with E-state index in [2.05, 4.69) is 30.3 Å². The van der Waals surface area contributed by atoms with Crippen molar-refractivity contribution in [3.8, 4) is 5.88 Å². The summed E-state index contributed by atoms with van der Waals surface area (Å²) < 4.78 is 6.98. The zero-order valence-corrected chi connectivity index (χ0v) is 11.0. The first-order chi connectivity index (χ1) is 7.61. The third-order valence-electron chi connectivity index (χ3n) is 2.49. The average Bonchev–Trinajstić information content (AvgIpc) is 2.59. The molecule has 0 saturated carbocycles. The highest BCUT2D eigenvalue weighted by Gasteiger charge is 2.10. The van der Waals surface area contributed by atoms with E-state index >= 15 is 0 Å². The van der Waals surface area contributed by atoms with Gasteiger partial charge >= 0.3 is 0 Å². The highest BCUT2D eigenvalue weighted by molar-refractivity contribution is 7.17. The molecule has 0 bridgehead atoms. The number of pyridine rings is 1. The van der Waals surface area contributed by atoms with Gasteiger partial charge in [0.15, 0.2) is 0 Å². The predicted octanol–water partition coefficient (Wildman–Crippen LogP) is 3.95. The number of ether oxygens (including phenoxy) is 1. The number of fused-ring (bicyclic) bond motifs is 1. The van der Waals surface area contributed by atoms with Crippen LogP contribution in [0.15, 0.2) is 11.4 Å². The molecule has 2 heterocycles. The Morgan fingerprint density at radius 1 is 1.44 bits per heavy atom. The van der Waals surface area contributed by atoms with Gasteiger partial charge in [0.25, 0.3) is 0 Å². The monoisotopic (exact) mass is 235 g/mol. The van der Waals surface area contributed by atoms with Gasteiger partial charge in [0, 0.05) is 6.07 Å². The lowest BCUT2D eigenvalue weighted by atomic mass is 10.1. The molecule has 2 aromatic rings. The molecule has 0 fully saturated rings. The standard InChI is InChI=1S/C13H17NOS/c1-5-10-6-11(15-8(2)3)14-12-9(4)7-16-13(10)12/h6-8H,5H2,1-4H3. The summed E-state index contributed by atoms with van der Waals surface area (Å²) >= 11 is 1.77. The summed E-state index contributed by atoms with van der Waals surface area (Å²) in [6.45, 7) is 8.32. The van der Waals surface area contributed by atoms with Crippen molar-refractivity contribution in [2.45, 2.75) is 40.2 Å². The van der Waals surface area contributed by atoms with Gasteiger partial charge in [-0.05, 0) is 43.7 Å². The molecule has 0 radical (unpaired) electrons. The molecule has 0 aliphatic heterocycles. The molecule has 86 valence electrons. The van der Waals surface area contributed by atoms with E-state index in [1.54, 1.807) is 11.3 Å². The van der Waals surface area contributed by atoms with Crippen LogP contribution < -0.4 is 4.74 Å². The van der Waals surface area contributed by atoms with Crippen molar-refractivity contribution in [2.24, 2.45) is 0 Å². The molecule has 2 rings (SSSR count). The fourth-order valence-electron chi connectivity index (χ4n) is 1.73. The minimum atomic E-state index is 0.175. The highest BCUT2D eigenvalue weighted by Crippen LogP contribution is 2.30. The Morgan fingerprint density at radius 2 is 2.19 bits per heavy atom. The molecule has 2 aromatic heterocycles. The number of rotatable bonds is 3. The Bertz CT molecular complexity index is 502. The Morgan fingerprint density at radius 3 is 2.81 bits per heavy atom. The van der Waals surface area contributed by atoms with E-state index in [1.807, 2.05) is 13.8 Å². The molecule has 0 aliphatic rings. The van der Waals surface area contributed by atoms with Crippen LogP contribution in [0.1, 0.15) is 31.9 Å². The first-order valence-electron chi connectivity index (χ1n) is 5.66. The average molecular weight is 235 g/mol. The molecule has 0 aliphatic carbocycles. The number of hydrogen-bond donors (Lipinski definition) is 0. The van der Waals surface area contributed by atoms with Crippen molar-refractivity contribution in [3.05, 3.63) is 22.6 Å². The highest BCUT2D eigenvalue weighted by atomic mass is 32.1. The molecule has 3 heteroatoms. The smallest absolute Gasteiger partial charge is 0.214 e. The largest absolute Gasteiger partial charge is 0.475 e. The Labute approximate surface area is 100 Å². The van der Waals surface area contributed by atoms with Gasteiger partial charge in [-0.2, -0.15) is 0 Å². The van der Waals surface area contributed by atoms with Crippen LogP contribution in [0.3, 0.4) is 0 Å². The molecule has 0 amide bonds. The summed E-state index contributed by atoms with van der Waals surface area (Å²) in [5, 5.41) is 2.16. The second-order valence-corrected chi connectivity index (χ2v) is 5.12. The SMILES string of the molecule is CCc1cc(OC(C)C)nc2c(C)csc12. The third kappa shape index (κ3) is 2.05. The molecule has 16 heavy (non-hydrogen) atoms. The van der Waals surface area contributed by atoms with E-state index in [0.29, 0.717) is 0 Å². The fourth-order valence-corrected chi connectivity index (χ4v) is 2.81. The van der Waals surface area contributed by atoms with Crippen molar-refractivity contribution >= 4 is 21.6 Å². The molecule has 0 N–H and O–H groups in total. The second kappa shape index (κ2) is 4.42. The maximum Gasteiger partial charge on any atom is 0.214 e. The molecule has 0 atom stereocenters. The van der Waals surface area contributed by atoms with Crippen molar-refractivity contribution in [2.75, 3.05) is 0 Å². The van der Waals surface area contributed by atoms with Gasteiger partial charge in [0.05, 0.1) is 16.3 Å². The maximum absolute atomic E-state index is 5.68.